The van der Waals surface area contributed by atoms with Crippen molar-refractivity contribution in [1.82, 2.24) is 15.0 Å². The molecule has 1 heterocycles. The molecular weight excluding hydrogens is 356 g/mol. The summed E-state index contributed by atoms with van der Waals surface area (Å²) in [5.41, 5.74) is 3.51. The van der Waals surface area contributed by atoms with Crippen LogP contribution >= 0.6 is 0 Å². The van der Waals surface area contributed by atoms with Gasteiger partial charge in [-0.3, -0.25) is 10.2 Å². The van der Waals surface area contributed by atoms with Gasteiger partial charge in [-0.15, -0.1) is 0 Å². The Balaban J connectivity index is 2.03. The summed E-state index contributed by atoms with van der Waals surface area (Å²) in [4.78, 5) is 29.9. The normalized spacial score (nSPS) is 12.4. The van der Waals surface area contributed by atoms with Gasteiger partial charge in [-0.1, -0.05) is 30.3 Å². The highest BCUT2D eigenvalue weighted by molar-refractivity contribution is 5.77. The second kappa shape index (κ2) is 7.72. The zero-order valence-corrected chi connectivity index (χ0v) is 16.4. The van der Waals surface area contributed by atoms with E-state index >= 15 is 0 Å². The van der Waals surface area contributed by atoms with Crippen LogP contribution in [-0.4, -0.2) is 21.4 Å². The average Bonchev–Trinajstić information content (AvgIpc) is 2.63. The molecule has 2 N–H and O–H groups in total. The van der Waals surface area contributed by atoms with Crippen LogP contribution in [0.3, 0.4) is 0 Å². The quantitative estimate of drug-likeness (QED) is 0.718. The van der Waals surface area contributed by atoms with E-state index in [1.54, 1.807) is 45.9 Å². The summed E-state index contributed by atoms with van der Waals surface area (Å²) in [5, 5.41) is 3.23. The van der Waals surface area contributed by atoms with E-state index in [0.29, 0.717) is 16.7 Å². The van der Waals surface area contributed by atoms with Gasteiger partial charge in [0.25, 0.3) is 5.56 Å². The van der Waals surface area contributed by atoms with E-state index in [9.17, 15) is 9.59 Å². The molecule has 7 nitrogen and oxygen atoms in total. The van der Waals surface area contributed by atoms with Crippen molar-refractivity contribution in [2.75, 3.05) is 5.43 Å². The summed E-state index contributed by atoms with van der Waals surface area (Å²) in [7, 11) is 0. The van der Waals surface area contributed by atoms with Crippen LogP contribution in [0.1, 0.15) is 39.6 Å². The lowest BCUT2D eigenvalue weighted by Gasteiger charge is -2.23. The Morgan fingerprint density at radius 2 is 1.71 bits per heavy atom. The number of carbonyl (C=O) groups excluding carboxylic acids is 1. The maximum atomic E-state index is 13.1. The molecule has 1 amide bonds. The van der Waals surface area contributed by atoms with Crippen molar-refractivity contribution in [3.63, 3.8) is 0 Å². The van der Waals surface area contributed by atoms with Crippen LogP contribution in [0, 0.1) is 0 Å². The molecule has 0 saturated heterocycles. The summed E-state index contributed by atoms with van der Waals surface area (Å²) in [5.74, 6) is 0.374. The second-order valence-electron chi connectivity index (χ2n) is 7.47. The third kappa shape index (κ3) is 4.49. The van der Waals surface area contributed by atoms with Crippen molar-refractivity contribution < 1.29 is 9.53 Å². The molecule has 0 aliphatic heterocycles. The number of aromatic nitrogens is 2. The number of rotatable bonds is 4. The third-order valence-electron chi connectivity index (χ3n) is 3.94. The van der Waals surface area contributed by atoms with Gasteiger partial charge >= 0.3 is 6.09 Å². The number of anilines is 1. The minimum Gasteiger partial charge on any atom is -0.444 e. The van der Waals surface area contributed by atoms with Crippen molar-refractivity contribution in [2.24, 2.45) is 0 Å². The summed E-state index contributed by atoms with van der Waals surface area (Å²) in [6, 6.07) is 15.8. The van der Waals surface area contributed by atoms with Gasteiger partial charge in [0, 0.05) is 0 Å². The van der Waals surface area contributed by atoms with Crippen LogP contribution in [0.4, 0.5) is 10.5 Å². The molecule has 28 heavy (non-hydrogen) atoms. The molecule has 3 rings (SSSR count). The van der Waals surface area contributed by atoms with Crippen LogP contribution in [0.15, 0.2) is 59.4 Å². The maximum Gasteiger partial charge on any atom is 0.408 e. The van der Waals surface area contributed by atoms with Gasteiger partial charge in [0.1, 0.15) is 5.60 Å². The van der Waals surface area contributed by atoms with E-state index < -0.39 is 17.7 Å². The molecule has 1 aromatic heterocycles. The predicted molar refractivity (Wildman–Crippen MR) is 109 cm³/mol. The number of carbonyl (C=O) groups is 1. The van der Waals surface area contributed by atoms with E-state index in [0.717, 1.165) is 5.69 Å². The lowest BCUT2D eigenvalue weighted by atomic mass is 10.2. The number of nitrogens with one attached hydrogen (secondary N) is 2. The highest BCUT2D eigenvalue weighted by Gasteiger charge is 2.22. The van der Waals surface area contributed by atoms with Crippen molar-refractivity contribution in [1.29, 1.82) is 0 Å². The van der Waals surface area contributed by atoms with Crippen LogP contribution in [0.25, 0.3) is 10.9 Å². The maximum absolute atomic E-state index is 13.1. The molecule has 0 bridgehead atoms. The molecule has 0 fully saturated rings. The molecule has 0 aliphatic carbocycles. The van der Waals surface area contributed by atoms with E-state index in [-0.39, 0.29) is 5.56 Å². The number of ether oxygens (including phenoxy) is 1. The van der Waals surface area contributed by atoms with Crippen LogP contribution < -0.4 is 16.3 Å². The lowest BCUT2D eigenvalue weighted by Crippen LogP contribution is -2.38. The standard InChI is InChI=1S/C21H24N4O3/c1-14(22-20(27)28-21(2,3)4)18-23-17-13-9-8-12-16(17)19(26)25(18)24-15-10-6-5-7-11-15/h5-14,24H,1-4H3,(H,22,27)/t14-/m0/s1. The number of benzene rings is 2. The summed E-state index contributed by atoms with van der Waals surface area (Å²) >= 11 is 0. The number of amides is 1. The fourth-order valence-electron chi connectivity index (χ4n) is 2.74. The van der Waals surface area contributed by atoms with Crippen molar-refractivity contribution in [3.05, 3.63) is 70.8 Å². The highest BCUT2D eigenvalue weighted by Crippen LogP contribution is 2.16. The molecule has 3 aromatic rings. The van der Waals surface area contributed by atoms with E-state index in [2.05, 4.69) is 15.7 Å². The average molecular weight is 380 g/mol. The first-order valence-electron chi connectivity index (χ1n) is 9.08. The van der Waals surface area contributed by atoms with Gasteiger partial charge in [-0.25, -0.2) is 14.5 Å². The molecule has 0 aliphatic rings. The highest BCUT2D eigenvalue weighted by atomic mass is 16.6. The number of hydrogen-bond acceptors (Lipinski definition) is 5. The summed E-state index contributed by atoms with van der Waals surface area (Å²) in [6.07, 6.45) is -0.575. The van der Waals surface area contributed by atoms with E-state index in [1.807, 2.05) is 36.4 Å². The molecule has 0 radical (unpaired) electrons. The van der Waals surface area contributed by atoms with Gasteiger partial charge in [-0.2, -0.15) is 0 Å². The number of alkyl carbamates (subject to hydrolysis) is 1. The van der Waals surface area contributed by atoms with Gasteiger partial charge in [-0.05, 0) is 52.0 Å². The first kappa shape index (κ1) is 19.4. The second-order valence-corrected chi connectivity index (χ2v) is 7.47. The van der Waals surface area contributed by atoms with Gasteiger partial charge in [0.15, 0.2) is 5.82 Å². The Bertz CT molecular complexity index is 1040. The zero-order chi connectivity index (χ0) is 20.3. The summed E-state index contributed by atoms with van der Waals surface area (Å²) < 4.78 is 6.68. The van der Waals surface area contributed by atoms with Crippen LogP contribution in [0.2, 0.25) is 0 Å². The minimum atomic E-state index is -0.622. The molecule has 0 unspecified atom stereocenters. The van der Waals surface area contributed by atoms with Crippen molar-refractivity contribution in [2.45, 2.75) is 39.3 Å². The molecule has 7 heteroatoms. The SMILES string of the molecule is C[C@H](NC(=O)OC(C)(C)C)c1nc2ccccc2c(=O)n1Nc1ccccc1. The Kier molecular flexibility index (Phi) is 5.35. The molecule has 1 atom stereocenters. The Hall–Kier alpha value is -3.35. The smallest absolute Gasteiger partial charge is 0.408 e. The Morgan fingerprint density at radius 1 is 1.07 bits per heavy atom. The number of fused-ring (bicyclic) bond motifs is 1. The third-order valence-corrected chi connectivity index (χ3v) is 3.94. The van der Waals surface area contributed by atoms with E-state index in [1.165, 1.54) is 4.68 Å². The number of para-hydroxylation sites is 2. The fourth-order valence-corrected chi connectivity index (χ4v) is 2.74. The lowest BCUT2D eigenvalue weighted by molar-refractivity contribution is 0.0505. The van der Waals surface area contributed by atoms with Gasteiger partial charge in [0.2, 0.25) is 0 Å². The van der Waals surface area contributed by atoms with Crippen molar-refractivity contribution >= 4 is 22.7 Å². The first-order valence-corrected chi connectivity index (χ1v) is 9.08. The minimum absolute atomic E-state index is 0.248. The monoisotopic (exact) mass is 380 g/mol. The molecule has 0 spiro atoms. The van der Waals surface area contributed by atoms with Crippen molar-refractivity contribution in [3.8, 4) is 0 Å². The molecule has 0 saturated carbocycles. The topological polar surface area (TPSA) is 85.2 Å². The van der Waals surface area contributed by atoms with Crippen LogP contribution in [-0.2, 0) is 4.74 Å². The summed E-state index contributed by atoms with van der Waals surface area (Å²) in [6.45, 7) is 7.12. The Morgan fingerprint density at radius 3 is 2.39 bits per heavy atom. The largest absolute Gasteiger partial charge is 0.444 e. The first-order chi connectivity index (χ1) is 13.2. The van der Waals surface area contributed by atoms with Crippen LogP contribution in [0.5, 0.6) is 0 Å². The zero-order valence-electron chi connectivity index (χ0n) is 16.4. The molecule has 2 aromatic carbocycles. The molecular formula is C21H24N4O3. The predicted octanol–water partition coefficient (Wildman–Crippen LogP) is 3.86. The number of hydrogen-bond donors (Lipinski definition) is 2. The Labute approximate surface area is 163 Å². The fraction of sp³-hybridized carbons (Fsp3) is 0.286. The van der Waals surface area contributed by atoms with Gasteiger partial charge < -0.3 is 10.1 Å². The number of nitrogens with zero attached hydrogens (tertiary/aromatic N) is 2. The molecule has 146 valence electrons. The van der Waals surface area contributed by atoms with Gasteiger partial charge in [0.05, 0.1) is 22.6 Å². The van der Waals surface area contributed by atoms with E-state index in [4.69, 9.17) is 4.74 Å².